The Morgan fingerprint density at radius 1 is 1.33 bits per heavy atom. The van der Waals surface area contributed by atoms with Gasteiger partial charge in [0.15, 0.2) is 5.90 Å². The van der Waals surface area contributed by atoms with E-state index in [9.17, 15) is 0 Å². The Kier molecular flexibility index (Phi) is 2.17. The van der Waals surface area contributed by atoms with Crippen LogP contribution in [0.25, 0.3) is 0 Å². The van der Waals surface area contributed by atoms with Crippen LogP contribution in [0, 0.1) is 5.41 Å². The zero-order valence-corrected chi connectivity index (χ0v) is 8.35. The summed E-state index contributed by atoms with van der Waals surface area (Å²) in [5, 5.41) is 0. The van der Waals surface area contributed by atoms with Gasteiger partial charge in [0.25, 0.3) is 0 Å². The van der Waals surface area contributed by atoms with Crippen molar-refractivity contribution in [2.24, 2.45) is 16.1 Å². The maximum atomic E-state index is 6.03. The van der Waals surface area contributed by atoms with Crippen LogP contribution >= 0.6 is 0 Å². The lowest BCUT2D eigenvalue weighted by molar-refractivity contribution is 0.225. The molecule has 0 spiro atoms. The van der Waals surface area contributed by atoms with E-state index in [1.807, 2.05) is 13.8 Å². The van der Waals surface area contributed by atoms with Crippen LogP contribution in [-0.4, -0.2) is 24.6 Å². The Morgan fingerprint density at radius 2 is 1.92 bits per heavy atom. The second-order valence-corrected chi connectivity index (χ2v) is 4.38. The Balaban J connectivity index is 2.84. The van der Waals surface area contributed by atoms with E-state index in [0.29, 0.717) is 6.61 Å². The third-order valence-corrected chi connectivity index (χ3v) is 2.73. The molecule has 0 fully saturated rings. The molecule has 0 atom stereocenters. The van der Waals surface area contributed by atoms with Crippen LogP contribution in [0.2, 0.25) is 0 Å². The number of nitrogens with zero attached hydrogens (tertiary/aromatic N) is 1. The number of ether oxygens (including phenoxy) is 1. The highest BCUT2D eigenvalue weighted by Crippen LogP contribution is 2.31. The molecule has 0 radical (unpaired) electrons. The molecular formula is C9H18N2O. The molecule has 0 aromatic rings. The van der Waals surface area contributed by atoms with Crippen molar-refractivity contribution in [1.82, 2.24) is 0 Å². The highest BCUT2D eigenvalue weighted by Gasteiger charge is 2.40. The highest BCUT2D eigenvalue weighted by molar-refractivity contribution is 5.84. The summed E-state index contributed by atoms with van der Waals surface area (Å²) in [5.74, 6) is 0.801. The average molecular weight is 170 g/mol. The normalized spacial score (nSPS) is 18.9. The molecule has 0 unspecified atom stereocenters. The van der Waals surface area contributed by atoms with Gasteiger partial charge in [0, 0.05) is 5.54 Å². The summed E-state index contributed by atoms with van der Waals surface area (Å²) in [7, 11) is 0. The van der Waals surface area contributed by atoms with Gasteiger partial charge in [-0.25, -0.2) is 0 Å². The molecule has 0 aromatic heterocycles. The summed E-state index contributed by atoms with van der Waals surface area (Å²) in [4.78, 5) is 4.29. The minimum absolute atomic E-state index is 0.177. The zero-order chi connectivity index (χ0) is 9.41. The third kappa shape index (κ3) is 1.46. The van der Waals surface area contributed by atoms with Gasteiger partial charge in [-0.3, -0.25) is 4.99 Å². The minimum atomic E-state index is -0.295. The summed E-state index contributed by atoms with van der Waals surface area (Å²) in [6.07, 6.45) is 0. The van der Waals surface area contributed by atoms with Crippen molar-refractivity contribution in [2.45, 2.75) is 33.2 Å². The molecule has 0 saturated carbocycles. The molecule has 0 amide bonds. The van der Waals surface area contributed by atoms with Gasteiger partial charge in [-0.1, -0.05) is 0 Å². The van der Waals surface area contributed by atoms with E-state index in [4.69, 9.17) is 10.5 Å². The first-order valence-electron chi connectivity index (χ1n) is 4.32. The number of hydrogen-bond donors (Lipinski definition) is 1. The quantitative estimate of drug-likeness (QED) is 0.676. The fourth-order valence-corrected chi connectivity index (χ4v) is 0.989. The number of hydrogen-bond acceptors (Lipinski definition) is 3. The lowest BCUT2D eigenvalue weighted by Gasteiger charge is -2.37. The summed E-state index contributed by atoms with van der Waals surface area (Å²) < 4.78 is 5.41. The van der Waals surface area contributed by atoms with Crippen molar-refractivity contribution < 1.29 is 4.74 Å². The molecule has 3 heteroatoms. The van der Waals surface area contributed by atoms with Gasteiger partial charge in [-0.15, -0.1) is 0 Å². The van der Waals surface area contributed by atoms with Gasteiger partial charge in [0.2, 0.25) is 0 Å². The van der Waals surface area contributed by atoms with E-state index >= 15 is 0 Å². The van der Waals surface area contributed by atoms with E-state index in [2.05, 4.69) is 18.8 Å². The number of aliphatic imine (C=N–C) groups is 1. The Hall–Kier alpha value is -0.570. The van der Waals surface area contributed by atoms with Crippen molar-refractivity contribution in [3.63, 3.8) is 0 Å². The van der Waals surface area contributed by atoms with Crippen molar-refractivity contribution in [3.05, 3.63) is 0 Å². The van der Waals surface area contributed by atoms with Crippen molar-refractivity contribution in [3.8, 4) is 0 Å². The SMILES string of the molecule is CC(C)(N)C(C)(C)C1=NCCO1. The second kappa shape index (κ2) is 2.73. The van der Waals surface area contributed by atoms with Crippen LogP contribution in [0.3, 0.4) is 0 Å². The molecule has 0 aliphatic carbocycles. The summed E-state index contributed by atoms with van der Waals surface area (Å²) >= 11 is 0. The van der Waals surface area contributed by atoms with Gasteiger partial charge in [0.1, 0.15) is 6.61 Å². The third-order valence-electron chi connectivity index (χ3n) is 2.73. The minimum Gasteiger partial charge on any atom is -0.479 e. The molecule has 0 aromatic carbocycles. The maximum absolute atomic E-state index is 6.03. The van der Waals surface area contributed by atoms with E-state index in [-0.39, 0.29) is 11.0 Å². The lowest BCUT2D eigenvalue weighted by Crippen LogP contribution is -2.51. The van der Waals surface area contributed by atoms with Crippen molar-refractivity contribution >= 4 is 5.90 Å². The Bertz CT molecular complexity index is 201. The molecular weight excluding hydrogens is 152 g/mol. The standard InChI is InChI=1S/C9H18N2O/c1-8(2,9(3,4)10)7-11-5-6-12-7/h5-6,10H2,1-4H3. The zero-order valence-electron chi connectivity index (χ0n) is 8.35. The fraction of sp³-hybridized carbons (Fsp3) is 0.889. The largest absolute Gasteiger partial charge is 0.479 e. The van der Waals surface area contributed by atoms with Crippen LogP contribution in [0.15, 0.2) is 4.99 Å². The first-order valence-corrected chi connectivity index (χ1v) is 4.32. The predicted molar refractivity (Wildman–Crippen MR) is 50.3 cm³/mol. The molecule has 1 rings (SSSR count). The molecule has 1 aliphatic rings. The first-order chi connectivity index (χ1) is 5.36. The van der Waals surface area contributed by atoms with Crippen LogP contribution in [0.4, 0.5) is 0 Å². The topological polar surface area (TPSA) is 47.6 Å². The summed E-state index contributed by atoms with van der Waals surface area (Å²) in [6, 6.07) is 0. The smallest absolute Gasteiger partial charge is 0.191 e. The van der Waals surface area contributed by atoms with Crippen LogP contribution in [-0.2, 0) is 4.74 Å². The van der Waals surface area contributed by atoms with Crippen LogP contribution in [0.5, 0.6) is 0 Å². The molecule has 2 N–H and O–H groups in total. The Morgan fingerprint density at radius 3 is 2.25 bits per heavy atom. The van der Waals surface area contributed by atoms with Crippen LogP contribution in [0.1, 0.15) is 27.7 Å². The van der Waals surface area contributed by atoms with Gasteiger partial charge in [-0.2, -0.15) is 0 Å². The number of nitrogens with two attached hydrogens (primary N) is 1. The van der Waals surface area contributed by atoms with Gasteiger partial charge in [-0.05, 0) is 27.7 Å². The van der Waals surface area contributed by atoms with Crippen LogP contribution < -0.4 is 5.73 Å². The molecule has 0 bridgehead atoms. The molecule has 0 saturated heterocycles. The van der Waals surface area contributed by atoms with E-state index in [1.165, 1.54) is 0 Å². The van der Waals surface area contributed by atoms with E-state index < -0.39 is 0 Å². The molecule has 1 aliphatic heterocycles. The predicted octanol–water partition coefficient (Wildman–Crippen LogP) is 1.18. The fourth-order valence-electron chi connectivity index (χ4n) is 0.989. The summed E-state index contributed by atoms with van der Waals surface area (Å²) in [5.41, 5.74) is 5.56. The van der Waals surface area contributed by atoms with E-state index in [0.717, 1.165) is 12.4 Å². The maximum Gasteiger partial charge on any atom is 0.191 e. The molecule has 1 heterocycles. The van der Waals surface area contributed by atoms with Crippen molar-refractivity contribution in [1.29, 1.82) is 0 Å². The monoisotopic (exact) mass is 170 g/mol. The van der Waals surface area contributed by atoms with Gasteiger partial charge < -0.3 is 10.5 Å². The molecule has 70 valence electrons. The number of rotatable bonds is 2. The Labute approximate surface area is 74.0 Å². The lowest BCUT2D eigenvalue weighted by atomic mass is 9.75. The highest BCUT2D eigenvalue weighted by atomic mass is 16.5. The average Bonchev–Trinajstić information content (AvgIpc) is 2.34. The summed E-state index contributed by atoms with van der Waals surface area (Å²) in [6.45, 7) is 9.60. The van der Waals surface area contributed by atoms with Gasteiger partial charge >= 0.3 is 0 Å². The molecule has 3 nitrogen and oxygen atoms in total. The van der Waals surface area contributed by atoms with E-state index in [1.54, 1.807) is 0 Å². The second-order valence-electron chi connectivity index (χ2n) is 4.38. The van der Waals surface area contributed by atoms with Crippen molar-refractivity contribution in [2.75, 3.05) is 13.2 Å². The first kappa shape index (κ1) is 9.52. The van der Waals surface area contributed by atoms with Gasteiger partial charge in [0.05, 0.1) is 12.0 Å². The molecule has 12 heavy (non-hydrogen) atoms.